The first-order valence-corrected chi connectivity index (χ1v) is 10.7. The minimum atomic E-state index is 0.123. The fraction of sp³-hybridized carbons (Fsp3) is 0.381. The summed E-state index contributed by atoms with van der Waals surface area (Å²) in [5.74, 6) is 2.52. The van der Waals surface area contributed by atoms with E-state index in [2.05, 4.69) is 39.1 Å². The summed E-state index contributed by atoms with van der Waals surface area (Å²) in [5, 5.41) is 12.4. The summed E-state index contributed by atoms with van der Waals surface area (Å²) in [6.45, 7) is 3.54. The highest BCUT2D eigenvalue weighted by Gasteiger charge is 2.14. The van der Waals surface area contributed by atoms with Crippen molar-refractivity contribution in [3.63, 3.8) is 0 Å². The Morgan fingerprint density at radius 3 is 2.75 bits per heavy atom. The number of unbranched alkanes of at least 4 members (excludes halogenated alkanes) is 1. The lowest BCUT2D eigenvalue weighted by molar-refractivity contribution is -0.121. The minimum Gasteiger partial charge on any atom is -0.461 e. The van der Waals surface area contributed by atoms with Gasteiger partial charge in [-0.2, -0.15) is 0 Å². The maximum atomic E-state index is 11.9. The van der Waals surface area contributed by atoms with Crippen molar-refractivity contribution in [2.45, 2.75) is 44.3 Å². The third-order valence-corrected chi connectivity index (χ3v) is 5.44. The van der Waals surface area contributed by atoms with Gasteiger partial charge in [-0.3, -0.25) is 9.36 Å². The van der Waals surface area contributed by atoms with Gasteiger partial charge in [0.2, 0.25) is 5.91 Å². The Kier molecular flexibility index (Phi) is 7.72. The molecule has 0 bridgehead atoms. The molecule has 0 fully saturated rings. The van der Waals surface area contributed by atoms with Gasteiger partial charge in [0, 0.05) is 25.3 Å². The van der Waals surface area contributed by atoms with E-state index in [1.165, 1.54) is 5.56 Å². The first kappa shape index (κ1) is 20.2. The highest BCUT2D eigenvalue weighted by Crippen LogP contribution is 2.24. The largest absolute Gasteiger partial charge is 0.461 e. The lowest BCUT2D eigenvalue weighted by Gasteiger charge is -2.06. The number of nitrogens with one attached hydrogen (secondary N) is 1. The van der Waals surface area contributed by atoms with Crippen LogP contribution in [0.5, 0.6) is 0 Å². The van der Waals surface area contributed by atoms with Crippen LogP contribution in [0.15, 0.2) is 58.3 Å². The lowest BCUT2D eigenvalue weighted by Crippen LogP contribution is -2.25. The van der Waals surface area contributed by atoms with E-state index in [-0.39, 0.29) is 5.91 Å². The number of carbonyl (C=O) groups is 1. The fourth-order valence-electron chi connectivity index (χ4n) is 2.90. The Hall–Kier alpha value is -2.54. The zero-order valence-corrected chi connectivity index (χ0v) is 17.0. The Balaban J connectivity index is 1.33. The van der Waals surface area contributed by atoms with Crippen LogP contribution in [0.1, 0.15) is 31.7 Å². The molecule has 148 valence electrons. The first-order valence-electron chi connectivity index (χ1n) is 9.68. The van der Waals surface area contributed by atoms with Gasteiger partial charge in [-0.05, 0) is 43.9 Å². The number of thioether (sulfide) groups is 1. The van der Waals surface area contributed by atoms with Gasteiger partial charge in [0.25, 0.3) is 0 Å². The van der Waals surface area contributed by atoms with Gasteiger partial charge in [-0.15, -0.1) is 10.2 Å². The van der Waals surface area contributed by atoms with Crippen LogP contribution in [0.25, 0.3) is 11.6 Å². The molecule has 28 heavy (non-hydrogen) atoms. The van der Waals surface area contributed by atoms with Crippen LogP contribution >= 0.6 is 11.8 Å². The molecule has 0 aliphatic rings. The number of hydrogen-bond acceptors (Lipinski definition) is 5. The highest BCUT2D eigenvalue weighted by atomic mass is 32.2. The molecule has 3 rings (SSSR count). The third kappa shape index (κ3) is 5.73. The van der Waals surface area contributed by atoms with Crippen LogP contribution in [-0.4, -0.2) is 33.0 Å². The van der Waals surface area contributed by atoms with Crippen molar-refractivity contribution in [1.82, 2.24) is 20.1 Å². The van der Waals surface area contributed by atoms with Crippen LogP contribution in [0.2, 0.25) is 0 Å². The molecule has 0 unspecified atom stereocenters. The smallest absolute Gasteiger partial charge is 0.220 e. The predicted molar refractivity (Wildman–Crippen MR) is 111 cm³/mol. The van der Waals surface area contributed by atoms with E-state index in [9.17, 15) is 4.79 Å². The van der Waals surface area contributed by atoms with Gasteiger partial charge >= 0.3 is 0 Å². The molecule has 1 aromatic carbocycles. The normalized spacial score (nSPS) is 10.9. The number of carbonyl (C=O) groups excluding carboxylic acids is 1. The van der Waals surface area contributed by atoms with Gasteiger partial charge in [0.1, 0.15) is 0 Å². The molecule has 3 aromatic rings. The molecular weight excluding hydrogens is 372 g/mol. The van der Waals surface area contributed by atoms with Gasteiger partial charge < -0.3 is 9.73 Å². The molecule has 0 atom stereocenters. The number of rotatable bonds is 11. The van der Waals surface area contributed by atoms with Crippen molar-refractivity contribution in [3.8, 4) is 11.6 Å². The van der Waals surface area contributed by atoms with Gasteiger partial charge in [0.05, 0.1) is 6.26 Å². The molecule has 0 radical (unpaired) electrons. The molecule has 0 aliphatic heterocycles. The van der Waals surface area contributed by atoms with E-state index < -0.39 is 0 Å². The lowest BCUT2D eigenvalue weighted by atomic mass is 10.1. The molecule has 0 aliphatic carbocycles. The molecule has 7 heteroatoms. The van der Waals surface area contributed by atoms with E-state index in [4.69, 9.17) is 4.42 Å². The zero-order chi connectivity index (χ0) is 19.6. The minimum absolute atomic E-state index is 0.123. The fourth-order valence-corrected chi connectivity index (χ4v) is 3.90. The summed E-state index contributed by atoms with van der Waals surface area (Å²) < 4.78 is 7.48. The van der Waals surface area contributed by atoms with E-state index in [1.807, 2.05) is 30.3 Å². The Morgan fingerprint density at radius 1 is 1.14 bits per heavy atom. The molecule has 1 amide bonds. The monoisotopic (exact) mass is 398 g/mol. The SMILES string of the molecule is CCn1c(SCCCCC(=O)NCCc2ccccc2)nnc1-c1ccco1. The van der Waals surface area contributed by atoms with Gasteiger partial charge in [-0.25, -0.2) is 0 Å². The van der Waals surface area contributed by atoms with Crippen molar-refractivity contribution < 1.29 is 9.21 Å². The molecule has 6 nitrogen and oxygen atoms in total. The summed E-state index contributed by atoms with van der Waals surface area (Å²) in [4.78, 5) is 11.9. The van der Waals surface area contributed by atoms with Crippen molar-refractivity contribution in [2.75, 3.05) is 12.3 Å². The Labute approximate surface area is 169 Å². The van der Waals surface area contributed by atoms with E-state index in [0.717, 1.165) is 48.3 Å². The third-order valence-electron chi connectivity index (χ3n) is 4.38. The second-order valence-corrected chi connectivity index (χ2v) is 7.48. The molecule has 0 saturated carbocycles. The first-order chi connectivity index (χ1) is 13.8. The van der Waals surface area contributed by atoms with Crippen molar-refractivity contribution in [1.29, 1.82) is 0 Å². The van der Waals surface area contributed by atoms with Crippen molar-refractivity contribution in [3.05, 3.63) is 54.3 Å². The van der Waals surface area contributed by atoms with E-state index in [1.54, 1.807) is 18.0 Å². The maximum Gasteiger partial charge on any atom is 0.220 e. The van der Waals surface area contributed by atoms with Crippen LogP contribution in [0.4, 0.5) is 0 Å². The summed E-state index contributed by atoms with van der Waals surface area (Å²) in [5.41, 5.74) is 1.24. The van der Waals surface area contributed by atoms with Crippen molar-refractivity contribution in [2.24, 2.45) is 0 Å². The zero-order valence-electron chi connectivity index (χ0n) is 16.1. The number of benzene rings is 1. The molecule has 1 N–H and O–H groups in total. The average molecular weight is 399 g/mol. The number of hydrogen-bond donors (Lipinski definition) is 1. The number of amides is 1. The quantitative estimate of drug-likeness (QED) is 0.387. The van der Waals surface area contributed by atoms with Crippen LogP contribution in [0, 0.1) is 0 Å². The number of aromatic nitrogens is 3. The van der Waals surface area contributed by atoms with Gasteiger partial charge in [-0.1, -0.05) is 42.1 Å². The van der Waals surface area contributed by atoms with E-state index in [0.29, 0.717) is 13.0 Å². The van der Waals surface area contributed by atoms with Crippen molar-refractivity contribution >= 4 is 17.7 Å². The maximum absolute atomic E-state index is 11.9. The average Bonchev–Trinajstić information content (AvgIpc) is 3.38. The Morgan fingerprint density at radius 2 is 2.00 bits per heavy atom. The second-order valence-electron chi connectivity index (χ2n) is 6.42. The summed E-state index contributed by atoms with van der Waals surface area (Å²) in [7, 11) is 0. The predicted octanol–water partition coefficient (Wildman–Crippen LogP) is 4.18. The number of furan rings is 1. The Bertz CT molecular complexity index is 847. The molecule has 2 aromatic heterocycles. The summed E-state index contributed by atoms with van der Waals surface area (Å²) in [6, 6.07) is 13.9. The topological polar surface area (TPSA) is 73.0 Å². The molecule has 0 spiro atoms. The molecule has 2 heterocycles. The standard InChI is InChI=1S/C21H26N4O2S/c1-2-25-20(18-11-8-15-27-18)23-24-21(25)28-16-7-6-12-19(26)22-14-13-17-9-4-3-5-10-17/h3-5,8-11,15H,2,6-7,12-14,16H2,1H3,(H,22,26). The summed E-state index contributed by atoms with van der Waals surface area (Å²) >= 11 is 1.67. The molecule has 0 saturated heterocycles. The van der Waals surface area contributed by atoms with Crippen LogP contribution in [0.3, 0.4) is 0 Å². The molecular formula is C21H26N4O2S. The van der Waals surface area contributed by atoms with Gasteiger partial charge in [0.15, 0.2) is 16.7 Å². The second kappa shape index (κ2) is 10.7. The van der Waals surface area contributed by atoms with Crippen LogP contribution in [-0.2, 0) is 17.8 Å². The summed E-state index contributed by atoms with van der Waals surface area (Å²) in [6.07, 6.45) is 4.90. The van der Waals surface area contributed by atoms with E-state index >= 15 is 0 Å². The highest BCUT2D eigenvalue weighted by molar-refractivity contribution is 7.99. The number of nitrogens with zero attached hydrogens (tertiary/aromatic N) is 3. The van der Waals surface area contributed by atoms with Crippen LogP contribution < -0.4 is 5.32 Å².